The minimum absolute atomic E-state index is 0.0178. The van der Waals surface area contributed by atoms with Crippen LogP contribution in [0.1, 0.15) is 21.7 Å². The van der Waals surface area contributed by atoms with Gasteiger partial charge in [0.25, 0.3) is 5.91 Å². The number of amides is 1. The summed E-state index contributed by atoms with van der Waals surface area (Å²) in [5.41, 5.74) is 4.02. The molecule has 0 spiro atoms. The number of hydrogen-bond acceptors (Lipinski definition) is 4. The van der Waals surface area contributed by atoms with Crippen molar-refractivity contribution in [3.63, 3.8) is 0 Å². The number of anilines is 1. The fourth-order valence-electron chi connectivity index (χ4n) is 3.64. The van der Waals surface area contributed by atoms with Gasteiger partial charge in [0.2, 0.25) is 0 Å². The second-order valence-corrected chi connectivity index (χ2v) is 7.03. The highest BCUT2D eigenvalue weighted by Crippen LogP contribution is 2.28. The molecule has 0 unspecified atom stereocenters. The first-order valence-corrected chi connectivity index (χ1v) is 9.25. The number of aryl methyl sites for hydroxylation is 2. The summed E-state index contributed by atoms with van der Waals surface area (Å²) < 4.78 is 11.1. The van der Waals surface area contributed by atoms with Gasteiger partial charge in [0.1, 0.15) is 11.3 Å². The number of methoxy groups -OCH3 is 1. The minimum Gasteiger partial charge on any atom is -0.497 e. The van der Waals surface area contributed by atoms with Crippen molar-refractivity contribution >= 4 is 22.6 Å². The number of nitrogens with zero attached hydrogens (tertiary/aromatic N) is 2. The molecule has 3 aromatic rings. The van der Waals surface area contributed by atoms with Crippen LogP contribution in [0.4, 0.5) is 5.69 Å². The van der Waals surface area contributed by atoms with Gasteiger partial charge in [0.15, 0.2) is 5.76 Å². The highest BCUT2D eigenvalue weighted by molar-refractivity contribution is 5.99. The lowest BCUT2D eigenvalue weighted by Crippen LogP contribution is -2.48. The molecule has 1 amide bonds. The second kappa shape index (κ2) is 6.99. The Balaban J connectivity index is 1.47. The fraction of sp³-hybridized carbons (Fsp3) is 0.318. The Bertz CT molecular complexity index is 967. The van der Waals surface area contributed by atoms with Crippen molar-refractivity contribution in [3.05, 3.63) is 59.4 Å². The van der Waals surface area contributed by atoms with Gasteiger partial charge in [-0.25, -0.2) is 0 Å². The standard InChI is InChI=1S/C22H24N2O3/c1-15-4-9-20-19(14-15)16(2)21(27-20)22(25)24-12-10-23(11-13-24)17-5-7-18(26-3)8-6-17/h4-9,14H,10-13H2,1-3H3. The second-order valence-electron chi connectivity index (χ2n) is 7.03. The lowest BCUT2D eigenvalue weighted by molar-refractivity contribution is 0.0716. The third-order valence-electron chi connectivity index (χ3n) is 5.29. The molecule has 1 aliphatic heterocycles. The van der Waals surface area contributed by atoms with E-state index in [1.165, 1.54) is 5.56 Å². The van der Waals surface area contributed by atoms with Crippen LogP contribution in [0.15, 0.2) is 46.9 Å². The van der Waals surface area contributed by atoms with Crippen LogP contribution in [-0.2, 0) is 0 Å². The Morgan fingerprint density at radius 3 is 2.37 bits per heavy atom. The SMILES string of the molecule is COc1ccc(N2CCN(C(=O)c3oc4ccc(C)cc4c3C)CC2)cc1. The molecular weight excluding hydrogens is 340 g/mol. The van der Waals surface area contributed by atoms with E-state index >= 15 is 0 Å². The lowest BCUT2D eigenvalue weighted by Gasteiger charge is -2.35. The third-order valence-corrected chi connectivity index (χ3v) is 5.29. The Kier molecular flexibility index (Phi) is 4.52. The van der Waals surface area contributed by atoms with Crippen LogP contribution >= 0.6 is 0 Å². The molecular formula is C22H24N2O3. The molecule has 2 heterocycles. The molecule has 1 saturated heterocycles. The molecule has 5 heteroatoms. The van der Waals surface area contributed by atoms with E-state index in [0.717, 1.165) is 41.1 Å². The van der Waals surface area contributed by atoms with Gasteiger partial charge < -0.3 is 19.0 Å². The highest BCUT2D eigenvalue weighted by Gasteiger charge is 2.26. The Labute approximate surface area is 159 Å². The fourth-order valence-corrected chi connectivity index (χ4v) is 3.64. The summed E-state index contributed by atoms with van der Waals surface area (Å²) in [5, 5.41) is 1.02. The number of ether oxygens (including phenoxy) is 1. The molecule has 2 aromatic carbocycles. The monoisotopic (exact) mass is 364 g/mol. The summed E-state index contributed by atoms with van der Waals surface area (Å²) in [6.45, 7) is 6.98. The first-order valence-electron chi connectivity index (χ1n) is 9.25. The molecule has 140 valence electrons. The average Bonchev–Trinajstić information content (AvgIpc) is 3.04. The lowest BCUT2D eigenvalue weighted by atomic mass is 10.1. The number of carbonyl (C=O) groups is 1. The van der Waals surface area contributed by atoms with Crippen LogP contribution in [0.3, 0.4) is 0 Å². The first-order chi connectivity index (χ1) is 13.1. The van der Waals surface area contributed by atoms with Gasteiger partial charge in [-0.1, -0.05) is 11.6 Å². The van der Waals surface area contributed by atoms with Crippen LogP contribution in [-0.4, -0.2) is 44.1 Å². The largest absolute Gasteiger partial charge is 0.497 e. The molecule has 5 nitrogen and oxygen atoms in total. The summed E-state index contributed by atoms with van der Waals surface area (Å²) in [6, 6.07) is 14.1. The van der Waals surface area contributed by atoms with Crippen molar-refractivity contribution in [1.29, 1.82) is 0 Å². The molecule has 1 aliphatic rings. The number of furan rings is 1. The molecule has 4 rings (SSSR count). The van der Waals surface area contributed by atoms with Gasteiger partial charge in [-0.2, -0.15) is 0 Å². The number of piperazine rings is 1. The van der Waals surface area contributed by atoms with E-state index < -0.39 is 0 Å². The quantitative estimate of drug-likeness (QED) is 0.704. The van der Waals surface area contributed by atoms with E-state index in [2.05, 4.69) is 23.1 Å². The van der Waals surface area contributed by atoms with Crippen molar-refractivity contribution in [2.45, 2.75) is 13.8 Å². The normalized spacial score (nSPS) is 14.6. The zero-order chi connectivity index (χ0) is 19.0. The van der Waals surface area contributed by atoms with E-state index in [4.69, 9.17) is 9.15 Å². The Hall–Kier alpha value is -2.95. The van der Waals surface area contributed by atoms with Gasteiger partial charge >= 0.3 is 0 Å². The van der Waals surface area contributed by atoms with Gasteiger partial charge in [-0.3, -0.25) is 4.79 Å². The molecule has 0 saturated carbocycles. The van der Waals surface area contributed by atoms with Crippen LogP contribution in [0.2, 0.25) is 0 Å². The summed E-state index contributed by atoms with van der Waals surface area (Å²) in [4.78, 5) is 17.2. The van der Waals surface area contributed by atoms with E-state index in [0.29, 0.717) is 18.8 Å². The topological polar surface area (TPSA) is 45.9 Å². The highest BCUT2D eigenvalue weighted by atomic mass is 16.5. The van der Waals surface area contributed by atoms with E-state index in [-0.39, 0.29) is 5.91 Å². The molecule has 0 aliphatic carbocycles. The van der Waals surface area contributed by atoms with Crippen molar-refractivity contribution in [2.75, 3.05) is 38.2 Å². The van der Waals surface area contributed by atoms with Gasteiger partial charge in [-0.15, -0.1) is 0 Å². The number of benzene rings is 2. The smallest absolute Gasteiger partial charge is 0.290 e. The third kappa shape index (κ3) is 3.25. The Morgan fingerprint density at radius 2 is 1.70 bits per heavy atom. The number of hydrogen-bond donors (Lipinski definition) is 0. The summed E-state index contributed by atoms with van der Waals surface area (Å²) in [5.74, 6) is 1.30. The van der Waals surface area contributed by atoms with Crippen LogP contribution < -0.4 is 9.64 Å². The molecule has 0 radical (unpaired) electrons. The van der Waals surface area contributed by atoms with Crippen molar-refractivity contribution in [3.8, 4) is 5.75 Å². The number of fused-ring (bicyclic) bond motifs is 1. The minimum atomic E-state index is -0.0178. The summed E-state index contributed by atoms with van der Waals surface area (Å²) >= 11 is 0. The molecule has 0 bridgehead atoms. The van der Waals surface area contributed by atoms with Crippen LogP contribution in [0.5, 0.6) is 5.75 Å². The average molecular weight is 364 g/mol. The molecule has 0 N–H and O–H groups in total. The molecule has 1 aromatic heterocycles. The first kappa shape index (κ1) is 17.5. The summed E-state index contributed by atoms with van der Waals surface area (Å²) in [6.07, 6.45) is 0. The number of carbonyl (C=O) groups excluding carboxylic acids is 1. The maximum atomic E-state index is 13.0. The van der Waals surface area contributed by atoms with Crippen molar-refractivity contribution in [1.82, 2.24) is 4.90 Å². The number of rotatable bonds is 3. The maximum Gasteiger partial charge on any atom is 0.290 e. The Morgan fingerprint density at radius 1 is 1.00 bits per heavy atom. The van der Waals surface area contributed by atoms with Gasteiger partial charge in [-0.05, 0) is 50.2 Å². The van der Waals surface area contributed by atoms with E-state index in [1.54, 1.807) is 7.11 Å². The predicted molar refractivity (Wildman–Crippen MR) is 107 cm³/mol. The van der Waals surface area contributed by atoms with Gasteiger partial charge in [0.05, 0.1) is 7.11 Å². The van der Waals surface area contributed by atoms with E-state index in [1.807, 2.05) is 43.0 Å². The molecule has 27 heavy (non-hydrogen) atoms. The summed E-state index contributed by atoms with van der Waals surface area (Å²) in [7, 11) is 1.67. The zero-order valence-corrected chi connectivity index (χ0v) is 16.0. The van der Waals surface area contributed by atoms with Gasteiger partial charge in [0, 0.05) is 42.8 Å². The molecule has 0 atom stereocenters. The van der Waals surface area contributed by atoms with Crippen LogP contribution in [0, 0.1) is 13.8 Å². The maximum absolute atomic E-state index is 13.0. The molecule has 1 fully saturated rings. The predicted octanol–water partition coefficient (Wildman–Crippen LogP) is 4.02. The van der Waals surface area contributed by atoms with E-state index in [9.17, 15) is 4.79 Å². The van der Waals surface area contributed by atoms with Crippen molar-refractivity contribution in [2.24, 2.45) is 0 Å². The zero-order valence-electron chi connectivity index (χ0n) is 16.0. The van der Waals surface area contributed by atoms with Crippen LogP contribution in [0.25, 0.3) is 11.0 Å². The van der Waals surface area contributed by atoms with Crippen molar-refractivity contribution < 1.29 is 13.9 Å².